The Kier molecular flexibility index (Phi) is 2.94. The first-order chi connectivity index (χ1) is 6.97. The Morgan fingerprint density at radius 3 is 2.00 bits per heavy atom. The van der Waals surface area contributed by atoms with Crippen LogP contribution in [0.5, 0.6) is 0 Å². The van der Waals surface area contributed by atoms with Crippen molar-refractivity contribution < 1.29 is 9.59 Å². The van der Waals surface area contributed by atoms with Gasteiger partial charge in [-0.2, -0.15) is 0 Å². The van der Waals surface area contributed by atoms with Crippen LogP contribution >= 0.6 is 0 Å². The van der Waals surface area contributed by atoms with Crippen molar-refractivity contribution >= 4 is 17.5 Å². The number of carbonyl (C=O) groups excluding carboxylic acids is 2. The number of para-hydroxylation sites is 1. The average Bonchev–Trinajstić information content (AvgIpc) is 2.18. The molecule has 0 saturated carbocycles. The predicted octanol–water partition coefficient (Wildman–Crippen LogP) is -0.172. The van der Waals surface area contributed by atoms with Crippen LogP contribution in [-0.4, -0.2) is 17.4 Å². The van der Waals surface area contributed by atoms with Gasteiger partial charge >= 0.3 is 0 Å². The first kappa shape index (κ1) is 11.0. The third-order valence-corrected chi connectivity index (χ3v) is 2.15. The van der Waals surface area contributed by atoms with Gasteiger partial charge in [0.1, 0.15) is 0 Å². The van der Waals surface area contributed by atoms with Gasteiger partial charge in [0.05, 0.1) is 0 Å². The molecule has 0 aliphatic carbocycles. The van der Waals surface area contributed by atoms with Crippen molar-refractivity contribution in [2.75, 3.05) is 5.32 Å². The molecule has 0 unspecified atom stereocenters. The van der Waals surface area contributed by atoms with E-state index in [1.54, 1.807) is 24.3 Å². The number of primary amides is 2. The van der Waals surface area contributed by atoms with E-state index < -0.39 is 17.4 Å². The minimum absolute atomic E-state index is 0.609. The van der Waals surface area contributed by atoms with Crippen LogP contribution in [0.4, 0.5) is 5.69 Å². The molecule has 15 heavy (non-hydrogen) atoms. The Balaban J connectivity index is 2.95. The summed E-state index contributed by atoms with van der Waals surface area (Å²) in [7, 11) is 0. The molecule has 0 spiro atoms. The summed E-state index contributed by atoms with van der Waals surface area (Å²) in [5, 5.41) is 2.71. The molecule has 5 N–H and O–H groups in total. The number of rotatable bonds is 4. The van der Waals surface area contributed by atoms with E-state index in [9.17, 15) is 9.59 Å². The Morgan fingerprint density at radius 2 is 1.60 bits per heavy atom. The number of hydrogen-bond acceptors (Lipinski definition) is 3. The molecule has 0 heterocycles. The maximum atomic E-state index is 11.1. The third-order valence-electron chi connectivity index (χ3n) is 2.15. The number of anilines is 1. The van der Waals surface area contributed by atoms with Crippen molar-refractivity contribution in [3.8, 4) is 0 Å². The van der Waals surface area contributed by atoms with Gasteiger partial charge in [0.2, 0.25) is 0 Å². The van der Waals surface area contributed by atoms with Crippen LogP contribution in [0.1, 0.15) is 6.92 Å². The number of amides is 2. The standard InChI is InChI=1S/C10H13N3O2/c1-10(8(11)14,9(12)15)13-7-5-3-2-4-6-7/h2-6,13H,1H3,(H2,11,14)(H2,12,15). The fourth-order valence-electron chi connectivity index (χ4n) is 1.05. The van der Waals surface area contributed by atoms with Gasteiger partial charge in [0, 0.05) is 5.69 Å². The zero-order chi connectivity index (χ0) is 11.5. The van der Waals surface area contributed by atoms with Gasteiger partial charge in [-0.25, -0.2) is 0 Å². The lowest BCUT2D eigenvalue weighted by molar-refractivity contribution is -0.131. The molecule has 0 radical (unpaired) electrons. The first-order valence-corrected chi connectivity index (χ1v) is 4.40. The monoisotopic (exact) mass is 207 g/mol. The summed E-state index contributed by atoms with van der Waals surface area (Å²) in [6, 6.07) is 8.78. The molecule has 0 saturated heterocycles. The molecule has 0 atom stereocenters. The van der Waals surface area contributed by atoms with E-state index in [0.29, 0.717) is 5.69 Å². The fraction of sp³-hybridized carbons (Fsp3) is 0.200. The maximum Gasteiger partial charge on any atom is 0.252 e. The predicted molar refractivity (Wildman–Crippen MR) is 56.9 cm³/mol. The van der Waals surface area contributed by atoms with E-state index in [0.717, 1.165) is 0 Å². The minimum atomic E-state index is -1.57. The molecule has 0 aliphatic heterocycles. The zero-order valence-corrected chi connectivity index (χ0v) is 8.36. The number of carbonyl (C=O) groups is 2. The Hall–Kier alpha value is -2.04. The van der Waals surface area contributed by atoms with Gasteiger partial charge in [-0.15, -0.1) is 0 Å². The molecule has 5 nitrogen and oxygen atoms in total. The van der Waals surface area contributed by atoms with Crippen molar-refractivity contribution in [1.82, 2.24) is 0 Å². The summed E-state index contributed by atoms with van der Waals surface area (Å²) in [5.74, 6) is -1.61. The number of benzene rings is 1. The molecule has 1 aromatic rings. The van der Waals surface area contributed by atoms with Gasteiger partial charge in [-0.3, -0.25) is 9.59 Å². The van der Waals surface area contributed by atoms with Crippen molar-refractivity contribution in [3.63, 3.8) is 0 Å². The molecule has 0 bridgehead atoms. The van der Waals surface area contributed by atoms with E-state index in [1.807, 2.05) is 6.07 Å². The normalized spacial score (nSPS) is 10.7. The minimum Gasteiger partial charge on any atom is -0.367 e. The molecule has 0 aliphatic rings. The summed E-state index contributed by atoms with van der Waals surface area (Å²) in [6.45, 7) is 1.35. The van der Waals surface area contributed by atoms with Gasteiger partial charge < -0.3 is 16.8 Å². The van der Waals surface area contributed by atoms with E-state index in [4.69, 9.17) is 11.5 Å². The summed E-state index contributed by atoms with van der Waals surface area (Å²) >= 11 is 0. The molecule has 80 valence electrons. The topological polar surface area (TPSA) is 98.2 Å². The van der Waals surface area contributed by atoms with Gasteiger partial charge in [-0.05, 0) is 19.1 Å². The first-order valence-electron chi connectivity index (χ1n) is 4.40. The number of nitrogens with two attached hydrogens (primary N) is 2. The van der Waals surface area contributed by atoms with Crippen LogP contribution in [0.2, 0.25) is 0 Å². The summed E-state index contributed by atoms with van der Waals surface area (Å²) in [5.41, 5.74) is 9.28. The van der Waals surface area contributed by atoms with Gasteiger partial charge in [0.25, 0.3) is 11.8 Å². The van der Waals surface area contributed by atoms with Crippen LogP contribution in [0, 0.1) is 0 Å². The van der Waals surface area contributed by atoms with Crippen LogP contribution in [-0.2, 0) is 9.59 Å². The van der Waals surface area contributed by atoms with E-state index >= 15 is 0 Å². The Bertz CT molecular complexity index is 362. The Labute approximate surface area is 87.4 Å². The molecule has 0 aromatic heterocycles. The highest BCUT2D eigenvalue weighted by molar-refractivity contribution is 6.10. The SMILES string of the molecule is CC(Nc1ccccc1)(C(N)=O)C(N)=O. The lowest BCUT2D eigenvalue weighted by Gasteiger charge is -2.24. The zero-order valence-electron chi connectivity index (χ0n) is 8.36. The molecule has 5 heteroatoms. The van der Waals surface area contributed by atoms with Gasteiger partial charge in [0.15, 0.2) is 5.54 Å². The smallest absolute Gasteiger partial charge is 0.252 e. The highest BCUT2D eigenvalue weighted by Crippen LogP contribution is 2.14. The molecule has 1 aromatic carbocycles. The van der Waals surface area contributed by atoms with E-state index in [2.05, 4.69) is 5.32 Å². The second-order valence-electron chi connectivity index (χ2n) is 3.34. The van der Waals surface area contributed by atoms with Crippen LogP contribution in [0.3, 0.4) is 0 Å². The Morgan fingerprint density at radius 1 is 1.13 bits per heavy atom. The van der Waals surface area contributed by atoms with Gasteiger partial charge in [-0.1, -0.05) is 18.2 Å². The van der Waals surface area contributed by atoms with Crippen molar-refractivity contribution in [1.29, 1.82) is 0 Å². The summed E-state index contributed by atoms with van der Waals surface area (Å²) in [4.78, 5) is 22.3. The highest BCUT2D eigenvalue weighted by Gasteiger charge is 2.37. The average molecular weight is 207 g/mol. The molecule has 2 amide bonds. The van der Waals surface area contributed by atoms with Crippen molar-refractivity contribution in [2.24, 2.45) is 11.5 Å². The largest absolute Gasteiger partial charge is 0.367 e. The highest BCUT2D eigenvalue weighted by atomic mass is 16.2. The van der Waals surface area contributed by atoms with Crippen molar-refractivity contribution in [2.45, 2.75) is 12.5 Å². The van der Waals surface area contributed by atoms with Crippen molar-refractivity contribution in [3.05, 3.63) is 30.3 Å². The fourth-order valence-corrected chi connectivity index (χ4v) is 1.05. The van der Waals surface area contributed by atoms with E-state index in [1.165, 1.54) is 6.92 Å². The number of hydrogen-bond donors (Lipinski definition) is 3. The second-order valence-corrected chi connectivity index (χ2v) is 3.34. The summed E-state index contributed by atoms with van der Waals surface area (Å²) < 4.78 is 0. The third kappa shape index (κ3) is 2.25. The molecular weight excluding hydrogens is 194 g/mol. The van der Waals surface area contributed by atoms with Crippen LogP contribution in [0.25, 0.3) is 0 Å². The maximum absolute atomic E-state index is 11.1. The quantitative estimate of drug-likeness (QED) is 0.597. The summed E-state index contributed by atoms with van der Waals surface area (Å²) in [6.07, 6.45) is 0. The molecule has 1 rings (SSSR count). The second kappa shape index (κ2) is 4.00. The molecule has 0 fully saturated rings. The number of nitrogens with one attached hydrogen (secondary N) is 1. The molecular formula is C10H13N3O2. The van der Waals surface area contributed by atoms with E-state index in [-0.39, 0.29) is 0 Å². The van der Waals surface area contributed by atoms with Crippen LogP contribution in [0.15, 0.2) is 30.3 Å². The lowest BCUT2D eigenvalue weighted by atomic mass is 10.0. The lowest BCUT2D eigenvalue weighted by Crippen LogP contribution is -2.57. The van der Waals surface area contributed by atoms with Crippen LogP contribution < -0.4 is 16.8 Å².